The van der Waals surface area contributed by atoms with Crippen LogP contribution < -0.4 is 5.63 Å². The third kappa shape index (κ3) is 3.22. The van der Waals surface area contributed by atoms with Gasteiger partial charge in [0.25, 0.3) is 0 Å². The van der Waals surface area contributed by atoms with Gasteiger partial charge in [-0.05, 0) is 61.6 Å². The molecule has 0 radical (unpaired) electrons. The van der Waals surface area contributed by atoms with Crippen LogP contribution in [0.5, 0.6) is 0 Å². The predicted molar refractivity (Wildman–Crippen MR) is 111 cm³/mol. The van der Waals surface area contributed by atoms with Crippen molar-refractivity contribution in [1.82, 2.24) is 9.97 Å². The Kier molecular flexibility index (Phi) is 4.24. The third-order valence-electron chi connectivity index (χ3n) is 4.94. The Morgan fingerprint density at radius 1 is 1.04 bits per heavy atom. The number of nitrogens with zero attached hydrogens (tertiary/aromatic N) is 2. The molecular weight excluding hydrogens is 368 g/mol. The van der Waals surface area contributed by atoms with Crippen molar-refractivity contribution in [2.45, 2.75) is 35.6 Å². The molecule has 2 heterocycles. The number of hydrogen-bond donors (Lipinski definition) is 0. The van der Waals surface area contributed by atoms with Gasteiger partial charge < -0.3 is 4.42 Å². The molecule has 28 heavy (non-hydrogen) atoms. The van der Waals surface area contributed by atoms with Crippen LogP contribution in [0.15, 0.2) is 79.9 Å². The molecule has 4 aromatic rings. The van der Waals surface area contributed by atoms with Crippen molar-refractivity contribution in [3.63, 3.8) is 0 Å². The van der Waals surface area contributed by atoms with E-state index in [1.165, 1.54) is 17.3 Å². The molecule has 0 saturated heterocycles. The molecule has 0 bridgehead atoms. The number of benzene rings is 2. The number of hydrogen-bond acceptors (Lipinski definition) is 5. The second kappa shape index (κ2) is 6.91. The Hall–Kier alpha value is -2.92. The third-order valence-corrected chi connectivity index (χ3v) is 5.97. The Labute approximate surface area is 166 Å². The van der Waals surface area contributed by atoms with E-state index in [9.17, 15) is 4.79 Å². The molecule has 2 aromatic heterocycles. The molecule has 0 aliphatic heterocycles. The molecule has 5 heteroatoms. The highest BCUT2D eigenvalue weighted by Gasteiger charge is 2.27. The summed E-state index contributed by atoms with van der Waals surface area (Å²) in [7, 11) is 0. The van der Waals surface area contributed by atoms with Gasteiger partial charge in [-0.1, -0.05) is 41.6 Å². The van der Waals surface area contributed by atoms with Crippen LogP contribution in [-0.2, 0) is 0 Å². The summed E-state index contributed by atoms with van der Waals surface area (Å²) in [5.74, 6) is 0.776. The van der Waals surface area contributed by atoms with Crippen LogP contribution in [0.4, 0.5) is 0 Å². The highest BCUT2D eigenvalue weighted by atomic mass is 32.2. The lowest BCUT2D eigenvalue weighted by Gasteiger charge is -2.09. The first kappa shape index (κ1) is 17.2. The minimum Gasteiger partial charge on any atom is -0.403 e. The highest BCUT2D eigenvalue weighted by Crippen LogP contribution is 2.42. The fourth-order valence-electron chi connectivity index (χ4n) is 3.35. The maximum Gasteiger partial charge on any atom is 0.347 e. The van der Waals surface area contributed by atoms with Crippen molar-refractivity contribution in [3.8, 4) is 11.5 Å². The molecule has 0 amide bonds. The number of aryl methyl sites for hydroxylation is 1. The van der Waals surface area contributed by atoms with Crippen LogP contribution in [0.1, 0.15) is 29.9 Å². The van der Waals surface area contributed by atoms with E-state index in [2.05, 4.69) is 41.2 Å². The van der Waals surface area contributed by atoms with E-state index in [0.717, 1.165) is 33.9 Å². The predicted octanol–water partition coefficient (Wildman–Crippen LogP) is 5.59. The van der Waals surface area contributed by atoms with Crippen molar-refractivity contribution in [2.24, 2.45) is 0 Å². The van der Waals surface area contributed by atoms with Crippen LogP contribution in [0.3, 0.4) is 0 Å². The monoisotopic (exact) mass is 386 g/mol. The average molecular weight is 386 g/mol. The maximum atomic E-state index is 12.8. The summed E-state index contributed by atoms with van der Waals surface area (Å²) in [6, 6.07) is 17.8. The standard InChI is InChI=1S/C23H18N2O2S/c1-14-7-11-16(12-8-14)28-22-18(5-3-13-24-22)21-25-19-6-2-4-17(15-9-10-15)20(19)23(26)27-21/h2-8,11-13,15H,9-10H2,1H3. The fourth-order valence-corrected chi connectivity index (χ4v) is 4.22. The molecule has 0 atom stereocenters. The molecule has 1 aliphatic carbocycles. The van der Waals surface area contributed by atoms with Crippen molar-refractivity contribution in [1.29, 1.82) is 0 Å². The first-order valence-electron chi connectivity index (χ1n) is 9.33. The van der Waals surface area contributed by atoms with E-state index < -0.39 is 0 Å². The highest BCUT2D eigenvalue weighted by molar-refractivity contribution is 7.99. The summed E-state index contributed by atoms with van der Waals surface area (Å²) in [5.41, 5.74) is 3.36. The SMILES string of the molecule is Cc1ccc(Sc2ncccc2-c2nc3cccc(C4CC4)c3c(=O)o2)cc1. The summed E-state index contributed by atoms with van der Waals surface area (Å²) in [4.78, 5) is 23.0. The smallest absolute Gasteiger partial charge is 0.347 e. The summed E-state index contributed by atoms with van der Waals surface area (Å²) in [6.07, 6.45) is 3.99. The number of rotatable bonds is 4. The van der Waals surface area contributed by atoms with Crippen molar-refractivity contribution < 1.29 is 4.42 Å². The number of aromatic nitrogens is 2. The Morgan fingerprint density at radius 3 is 2.64 bits per heavy atom. The Balaban J connectivity index is 1.61. The van der Waals surface area contributed by atoms with Gasteiger partial charge in [0.15, 0.2) is 0 Å². The van der Waals surface area contributed by atoms with Gasteiger partial charge in [0.2, 0.25) is 5.89 Å². The quantitative estimate of drug-likeness (QED) is 0.458. The number of fused-ring (bicyclic) bond motifs is 1. The average Bonchev–Trinajstić information content (AvgIpc) is 3.55. The molecule has 0 N–H and O–H groups in total. The zero-order valence-corrected chi connectivity index (χ0v) is 16.2. The molecule has 1 aliphatic rings. The van der Waals surface area contributed by atoms with E-state index >= 15 is 0 Å². The lowest BCUT2D eigenvalue weighted by atomic mass is 10.1. The zero-order valence-electron chi connectivity index (χ0n) is 15.4. The van der Waals surface area contributed by atoms with Gasteiger partial charge in [0, 0.05) is 11.1 Å². The van der Waals surface area contributed by atoms with Gasteiger partial charge in [0.1, 0.15) is 5.03 Å². The minimum atomic E-state index is -0.322. The van der Waals surface area contributed by atoms with Gasteiger partial charge in [-0.25, -0.2) is 14.8 Å². The Morgan fingerprint density at radius 2 is 1.86 bits per heavy atom. The fraction of sp³-hybridized carbons (Fsp3) is 0.174. The van der Waals surface area contributed by atoms with Gasteiger partial charge in [-0.2, -0.15) is 0 Å². The maximum absolute atomic E-state index is 12.8. The lowest BCUT2D eigenvalue weighted by molar-refractivity contribution is 0.516. The van der Waals surface area contributed by atoms with Crippen molar-refractivity contribution in [2.75, 3.05) is 0 Å². The molecule has 0 unspecified atom stereocenters. The second-order valence-electron chi connectivity index (χ2n) is 7.09. The Bertz CT molecular complexity index is 1230. The molecule has 1 saturated carbocycles. The lowest BCUT2D eigenvalue weighted by Crippen LogP contribution is -2.06. The van der Waals surface area contributed by atoms with Gasteiger partial charge in [-0.3, -0.25) is 0 Å². The normalized spacial score (nSPS) is 13.8. The van der Waals surface area contributed by atoms with Crippen molar-refractivity contribution >= 4 is 22.7 Å². The van der Waals surface area contributed by atoms with Crippen LogP contribution in [0.25, 0.3) is 22.4 Å². The number of pyridine rings is 1. The van der Waals surface area contributed by atoms with E-state index in [1.54, 1.807) is 6.20 Å². The first-order chi connectivity index (χ1) is 13.7. The molecule has 5 rings (SSSR count). The summed E-state index contributed by atoms with van der Waals surface area (Å²) < 4.78 is 5.67. The minimum absolute atomic E-state index is 0.313. The second-order valence-corrected chi connectivity index (χ2v) is 8.16. The van der Waals surface area contributed by atoms with E-state index in [1.807, 2.05) is 30.3 Å². The van der Waals surface area contributed by atoms with Crippen LogP contribution in [-0.4, -0.2) is 9.97 Å². The topological polar surface area (TPSA) is 56.0 Å². The van der Waals surface area contributed by atoms with E-state index in [0.29, 0.717) is 22.7 Å². The zero-order chi connectivity index (χ0) is 19.1. The molecule has 2 aromatic carbocycles. The van der Waals surface area contributed by atoms with Gasteiger partial charge in [-0.15, -0.1) is 0 Å². The van der Waals surface area contributed by atoms with Gasteiger partial charge >= 0.3 is 5.63 Å². The molecule has 1 fully saturated rings. The summed E-state index contributed by atoms with van der Waals surface area (Å²) >= 11 is 1.53. The van der Waals surface area contributed by atoms with E-state index in [4.69, 9.17) is 4.42 Å². The first-order valence-corrected chi connectivity index (χ1v) is 10.1. The van der Waals surface area contributed by atoms with Crippen LogP contribution in [0.2, 0.25) is 0 Å². The molecule has 0 spiro atoms. The van der Waals surface area contributed by atoms with Crippen molar-refractivity contribution in [3.05, 3.63) is 82.3 Å². The molecule has 138 valence electrons. The summed E-state index contributed by atoms with van der Waals surface area (Å²) in [5, 5.41) is 1.38. The summed E-state index contributed by atoms with van der Waals surface area (Å²) in [6.45, 7) is 2.06. The van der Waals surface area contributed by atoms with Crippen LogP contribution >= 0.6 is 11.8 Å². The largest absolute Gasteiger partial charge is 0.403 e. The molecule has 4 nitrogen and oxygen atoms in total. The van der Waals surface area contributed by atoms with Gasteiger partial charge in [0.05, 0.1) is 16.5 Å². The molecular formula is C23H18N2O2S. The van der Waals surface area contributed by atoms with Crippen LogP contribution in [0, 0.1) is 6.92 Å². The van der Waals surface area contributed by atoms with E-state index in [-0.39, 0.29) is 5.63 Å².